The molecule has 3 nitrogen and oxygen atoms in total. The molecule has 1 aliphatic rings. The Kier molecular flexibility index (Phi) is 3.69. The molecule has 1 fully saturated rings. The lowest BCUT2D eigenvalue weighted by molar-refractivity contribution is 0.00578. The minimum absolute atomic E-state index is 0.354. The first-order valence-electron chi connectivity index (χ1n) is 6.56. The zero-order valence-electron chi connectivity index (χ0n) is 12.6. The van der Waals surface area contributed by atoms with Gasteiger partial charge in [-0.1, -0.05) is 6.58 Å². The number of hydrogen-bond donors (Lipinski definition) is 0. The fourth-order valence-electron chi connectivity index (χ4n) is 2.04. The summed E-state index contributed by atoms with van der Waals surface area (Å²) in [7, 11) is 0.926. The van der Waals surface area contributed by atoms with Crippen LogP contribution in [0.1, 0.15) is 33.3 Å². The predicted molar refractivity (Wildman–Crippen MR) is 78.1 cm³/mol. The van der Waals surface area contributed by atoms with E-state index in [4.69, 9.17) is 14.0 Å². The zero-order valence-corrected chi connectivity index (χ0v) is 12.6. The van der Waals surface area contributed by atoms with Crippen molar-refractivity contribution in [1.29, 1.82) is 0 Å². The number of ether oxygens (including phenoxy) is 1. The molecule has 0 saturated carbocycles. The van der Waals surface area contributed by atoms with Gasteiger partial charge in [0.25, 0.3) is 0 Å². The molecule has 0 amide bonds. The maximum absolute atomic E-state index is 13.2. The Labute approximate surface area is 119 Å². The average molecular weight is 278 g/mol. The molecule has 0 N–H and O–H groups in total. The van der Waals surface area contributed by atoms with Crippen molar-refractivity contribution in [2.75, 3.05) is 7.11 Å². The van der Waals surface area contributed by atoms with Crippen LogP contribution in [0.15, 0.2) is 24.8 Å². The third-order valence-electron chi connectivity index (χ3n) is 4.05. The van der Waals surface area contributed by atoms with Crippen LogP contribution in [0.3, 0.4) is 0 Å². The molecule has 1 aromatic rings. The molecule has 2 rings (SSSR count). The summed E-state index contributed by atoms with van der Waals surface area (Å²) in [6.07, 6.45) is 0. The van der Waals surface area contributed by atoms with E-state index in [-0.39, 0.29) is 5.82 Å². The van der Waals surface area contributed by atoms with Crippen molar-refractivity contribution in [3.63, 3.8) is 0 Å². The first kappa shape index (κ1) is 15.1. The first-order chi connectivity index (χ1) is 9.18. The van der Waals surface area contributed by atoms with Gasteiger partial charge < -0.3 is 14.0 Å². The van der Waals surface area contributed by atoms with Crippen molar-refractivity contribution in [3.8, 4) is 5.75 Å². The van der Waals surface area contributed by atoms with Gasteiger partial charge in [-0.2, -0.15) is 0 Å². The standard InChI is InChI=1S/C15H20BFO3/c1-10(12-8-7-11(17)9-13(12)18-6)16-19-14(2,3)15(4,5)20-16/h7-9H,1H2,2-6H3. The van der Waals surface area contributed by atoms with E-state index in [0.29, 0.717) is 16.8 Å². The molecule has 5 heteroatoms. The monoisotopic (exact) mass is 278 g/mol. The first-order valence-corrected chi connectivity index (χ1v) is 6.56. The second kappa shape index (κ2) is 4.90. The lowest BCUT2D eigenvalue weighted by Crippen LogP contribution is -2.41. The fraction of sp³-hybridized carbons (Fsp3) is 0.467. The lowest BCUT2D eigenvalue weighted by Gasteiger charge is -2.32. The van der Waals surface area contributed by atoms with Gasteiger partial charge in [0, 0.05) is 11.6 Å². The van der Waals surface area contributed by atoms with Gasteiger partial charge in [0.1, 0.15) is 11.6 Å². The topological polar surface area (TPSA) is 27.7 Å². The Hall–Kier alpha value is -1.33. The highest BCUT2D eigenvalue weighted by Gasteiger charge is 2.52. The number of halogens is 1. The van der Waals surface area contributed by atoms with Crippen LogP contribution in [0, 0.1) is 5.82 Å². The zero-order chi connectivity index (χ0) is 15.1. The van der Waals surface area contributed by atoms with E-state index in [1.807, 2.05) is 27.7 Å². The smallest absolute Gasteiger partial charge is 0.494 e. The summed E-state index contributed by atoms with van der Waals surface area (Å²) in [6.45, 7) is 11.9. The Morgan fingerprint density at radius 2 is 1.75 bits per heavy atom. The van der Waals surface area contributed by atoms with E-state index >= 15 is 0 Å². The normalized spacial score (nSPS) is 20.0. The Bertz CT molecular complexity index is 524. The Balaban J connectivity index is 2.30. The number of methoxy groups -OCH3 is 1. The molecule has 0 spiro atoms. The van der Waals surface area contributed by atoms with Gasteiger partial charge in [-0.05, 0) is 45.3 Å². The summed E-state index contributed by atoms with van der Waals surface area (Å²) < 4.78 is 30.3. The van der Waals surface area contributed by atoms with E-state index in [1.54, 1.807) is 6.07 Å². The van der Waals surface area contributed by atoms with Crippen LogP contribution in [0.5, 0.6) is 5.75 Å². The predicted octanol–water partition coefficient (Wildman–Crippen LogP) is 3.48. The Morgan fingerprint density at radius 1 is 1.20 bits per heavy atom. The van der Waals surface area contributed by atoms with Crippen molar-refractivity contribution in [2.24, 2.45) is 0 Å². The molecule has 0 aromatic heterocycles. The molecule has 0 unspecified atom stereocenters. The maximum Gasteiger partial charge on any atom is 0.494 e. The summed E-state index contributed by atoms with van der Waals surface area (Å²) in [5.41, 5.74) is 0.440. The minimum Gasteiger partial charge on any atom is -0.496 e. The van der Waals surface area contributed by atoms with Crippen LogP contribution >= 0.6 is 0 Å². The second-order valence-corrected chi connectivity index (χ2v) is 5.96. The van der Waals surface area contributed by atoms with Crippen molar-refractivity contribution in [3.05, 3.63) is 36.2 Å². The van der Waals surface area contributed by atoms with Crippen molar-refractivity contribution < 1.29 is 18.4 Å². The molecular formula is C15H20BFO3. The highest BCUT2D eigenvalue weighted by molar-refractivity contribution is 6.68. The fourth-order valence-corrected chi connectivity index (χ4v) is 2.04. The third kappa shape index (κ3) is 2.48. The highest BCUT2D eigenvalue weighted by atomic mass is 19.1. The molecule has 1 heterocycles. The molecule has 1 aromatic carbocycles. The Morgan fingerprint density at radius 3 is 2.25 bits per heavy atom. The maximum atomic E-state index is 13.2. The second-order valence-electron chi connectivity index (χ2n) is 5.96. The molecule has 1 aliphatic heterocycles. The van der Waals surface area contributed by atoms with Crippen LogP contribution < -0.4 is 4.74 Å². The summed E-state index contributed by atoms with van der Waals surface area (Å²) in [5, 5.41) is 0. The van der Waals surface area contributed by atoms with Gasteiger partial charge in [-0.25, -0.2) is 4.39 Å². The van der Waals surface area contributed by atoms with Crippen LogP contribution in [0.2, 0.25) is 0 Å². The van der Waals surface area contributed by atoms with Crippen LogP contribution in [0.25, 0.3) is 5.47 Å². The minimum atomic E-state index is -0.570. The van der Waals surface area contributed by atoms with Gasteiger partial charge >= 0.3 is 7.12 Å². The van der Waals surface area contributed by atoms with Crippen LogP contribution in [0.4, 0.5) is 4.39 Å². The van der Waals surface area contributed by atoms with Gasteiger partial charge in [0.05, 0.1) is 18.3 Å². The lowest BCUT2D eigenvalue weighted by atomic mass is 9.75. The quantitative estimate of drug-likeness (QED) is 0.792. The van der Waals surface area contributed by atoms with E-state index in [9.17, 15) is 4.39 Å². The molecule has 20 heavy (non-hydrogen) atoms. The number of rotatable bonds is 3. The van der Waals surface area contributed by atoms with Gasteiger partial charge in [-0.3, -0.25) is 0 Å². The van der Waals surface area contributed by atoms with E-state index in [2.05, 4.69) is 6.58 Å². The molecule has 0 bridgehead atoms. The highest BCUT2D eigenvalue weighted by Crippen LogP contribution is 2.41. The summed E-state index contributed by atoms with van der Waals surface area (Å²) in [5.74, 6) is 0.0667. The number of hydrogen-bond acceptors (Lipinski definition) is 3. The third-order valence-corrected chi connectivity index (χ3v) is 4.05. The van der Waals surface area contributed by atoms with E-state index in [0.717, 1.165) is 0 Å². The molecule has 108 valence electrons. The van der Waals surface area contributed by atoms with Gasteiger partial charge in [0.2, 0.25) is 0 Å². The molecule has 0 aliphatic carbocycles. The molecular weight excluding hydrogens is 258 g/mol. The van der Waals surface area contributed by atoms with Crippen LogP contribution in [-0.4, -0.2) is 25.4 Å². The largest absolute Gasteiger partial charge is 0.496 e. The summed E-state index contributed by atoms with van der Waals surface area (Å²) >= 11 is 0. The average Bonchev–Trinajstić information content (AvgIpc) is 2.57. The molecule has 1 saturated heterocycles. The SMILES string of the molecule is C=C(B1OC(C)(C)C(C)(C)O1)c1ccc(F)cc1OC. The summed E-state index contributed by atoms with van der Waals surface area (Å²) in [6, 6.07) is 4.32. The molecule has 0 radical (unpaired) electrons. The van der Waals surface area contributed by atoms with Crippen molar-refractivity contribution >= 4 is 12.6 Å². The summed E-state index contributed by atoms with van der Waals surface area (Å²) in [4.78, 5) is 0. The van der Waals surface area contributed by atoms with Crippen LogP contribution in [-0.2, 0) is 9.31 Å². The molecule has 0 atom stereocenters. The van der Waals surface area contributed by atoms with Crippen molar-refractivity contribution in [2.45, 2.75) is 38.9 Å². The van der Waals surface area contributed by atoms with Gasteiger partial charge in [-0.15, -0.1) is 0 Å². The van der Waals surface area contributed by atoms with Gasteiger partial charge in [0.15, 0.2) is 0 Å². The van der Waals surface area contributed by atoms with Crippen molar-refractivity contribution in [1.82, 2.24) is 0 Å². The van der Waals surface area contributed by atoms with E-state index in [1.165, 1.54) is 19.2 Å². The van der Waals surface area contributed by atoms with E-state index < -0.39 is 18.3 Å². The number of benzene rings is 1.